The molecule has 0 heterocycles. The van der Waals surface area contributed by atoms with E-state index in [2.05, 4.69) is 26.1 Å². The first kappa shape index (κ1) is 12.0. The first-order valence-electron chi connectivity index (χ1n) is 6.44. The van der Waals surface area contributed by atoms with E-state index in [-0.39, 0.29) is 0 Å². The van der Waals surface area contributed by atoms with Crippen molar-refractivity contribution in [3.05, 3.63) is 0 Å². The molecule has 1 aliphatic carbocycles. The first-order valence-corrected chi connectivity index (χ1v) is 6.44. The molecule has 1 nitrogen and oxygen atoms in total. The van der Waals surface area contributed by atoms with E-state index in [4.69, 9.17) is 0 Å². The van der Waals surface area contributed by atoms with Crippen LogP contribution in [0.2, 0.25) is 0 Å². The molecule has 14 heavy (non-hydrogen) atoms. The van der Waals surface area contributed by atoms with E-state index in [0.717, 1.165) is 18.0 Å². The molecule has 0 aliphatic heterocycles. The van der Waals surface area contributed by atoms with E-state index in [1.165, 1.54) is 44.9 Å². The third-order valence-corrected chi connectivity index (χ3v) is 3.30. The van der Waals surface area contributed by atoms with Crippen LogP contribution >= 0.6 is 0 Å². The smallest absolute Gasteiger partial charge is 0.00695 e. The Labute approximate surface area is 89.7 Å². The van der Waals surface area contributed by atoms with Crippen molar-refractivity contribution in [2.45, 2.75) is 77.8 Å². The Morgan fingerprint density at radius 3 is 2.21 bits per heavy atom. The maximum Gasteiger partial charge on any atom is 0.00695 e. The van der Waals surface area contributed by atoms with Crippen LogP contribution in [0.15, 0.2) is 0 Å². The van der Waals surface area contributed by atoms with E-state index >= 15 is 0 Å². The van der Waals surface area contributed by atoms with Crippen LogP contribution < -0.4 is 5.32 Å². The van der Waals surface area contributed by atoms with Gasteiger partial charge < -0.3 is 5.32 Å². The molecule has 0 spiro atoms. The maximum atomic E-state index is 3.77. The van der Waals surface area contributed by atoms with E-state index in [1.807, 2.05) is 0 Å². The molecule has 0 aromatic carbocycles. The minimum Gasteiger partial charge on any atom is -0.312 e. The highest BCUT2D eigenvalue weighted by Crippen LogP contribution is 2.18. The summed E-state index contributed by atoms with van der Waals surface area (Å²) in [6.07, 6.45) is 9.86. The zero-order chi connectivity index (χ0) is 10.4. The number of hydrogen-bond donors (Lipinski definition) is 1. The first-order chi connectivity index (χ1) is 6.68. The summed E-state index contributed by atoms with van der Waals surface area (Å²) in [4.78, 5) is 0. The molecule has 0 saturated heterocycles. The van der Waals surface area contributed by atoms with Gasteiger partial charge in [-0.3, -0.25) is 0 Å². The summed E-state index contributed by atoms with van der Waals surface area (Å²) >= 11 is 0. The lowest BCUT2D eigenvalue weighted by molar-refractivity contribution is 0.327. The summed E-state index contributed by atoms with van der Waals surface area (Å²) in [6, 6.07) is 1.55. The van der Waals surface area contributed by atoms with Gasteiger partial charge in [-0.05, 0) is 38.5 Å². The van der Waals surface area contributed by atoms with Crippen LogP contribution in [0.25, 0.3) is 0 Å². The van der Waals surface area contributed by atoms with Gasteiger partial charge in [0.2, 0.25) is 0 Å². The second kappa shape index (κ2) is 6.44. The molecule has 0 amide bonds. The SMILES string of the molecule is CC(C)CCC(C)NC1CCCCC1. The Balaban J connectivity index is 2.09. The summed E-state index contributed by atoms with van der Waals surface area (Å²) in [5.41, 5.74) is 0. The van der Waals surface area contributed by atoms with Gasteiger partial charge >= 0.3 is 0 Å². The molecule has 84 valence electrons. The molecule has 1 fully saturated rings. The Bertz CT molecular complexity index is 136. The van der Waals surface area contributed by atoms with Gasteiger partial charge in [-0.1, -0.05) is 33.1 Å². The zero-order valence-electron chi connectivity index (χ0n) is 10.2. The molecule has 0 aromatic rings. The lowest BCUT2D eigenvalue weighted by Crippen LogP contribution is -2.37. The van der Waals surface area contributed by atoms with Crippen molar-refractivity contribution in [1.29, 1.82) is 0 Å². The molecule has 0 radical (unpaired) electrons. The maximum absolute atomic E-state index is 3.77. The minimum atomic E-state index is 0.723. The summed E-state index contributed by atoms with van der Waals surface area (Å²) in [5, 5.41) is 3.77. The standard InChI is InChI=1S/C13H27N/c1-11(2)9-10-12(3)14-13-7-5-4-6-8-13/h11-14H,4-10H2,1-3H3. The van der Waals surface area contributed by atoms with E-state index in [9.17, 15) is 0 Å². The Morgan fingerprint density at radius 2 is 1.64 bits per heavy atom. The van der Waals surface area contributed by atoms with Gasteiger partial charge in [0.1, 0.15) is 0 Å². The van der Waals surface area contributed by atoms with Crippen molar-refractivity contribution in [3.8, 4) is 0 Å². The minimum absolute atomic E-state index is 0.723. The van der Waals surface area contributed by atoms with E-state index < -0.39 is 0 Å². The van der Waals surface area contributed by atoms with Crippen LogP contribution in [-0.2, 0) is 0 Å². The molecule has 1 rings (SSSR count). The molecule has 1 atom stereocenters. The summed E-state index contributed by atoms with van der Waals surface area (Å²) in [6.45, 7) is 6.97. The number of hydrogen-bond acceptors (Lipinski definition) is 1. The highest BCUT2D eigenvalue weighted by molar-refractivity contribution is 4.75. The van der Waals surface area contributed by atoms with E-state index in [0.29, 0.717) is 0 Å². The average molecular weight is 197 g/mol. The molecular formula is C13H27N. The molecule has 1 aliphatic rings. The highest BCUT2D eigenvalue weighted by atomic mass is 14.9. The van der Waals surface area contributed by atoms with Gasteiger partial charge in [-0.15, -0.1) is 0 Å². The lowest BCUT2D eigenvalue weighted by Gasteiger charge is -2.27. The largest absolute Gasteiger partial charge is 0.312 e. The normalized spacial score (nSPS) is 21.4. The molecule has 1 unspecified atom stereocenters. The molecule has 0 bridgehead atoms. The average Bonchev–Trinajstić information content (AvgIpc) is 2.16. The fraction of sp³-hybridized carbons (Fsp3) is 1.00. The third kappa shape index (κ3) is 4.99. The predicted molar refractivity (Wildman–Crippen MR) is 63.5 cm³/mol. The van der Waals surface area contributed by atoms with Crippen LogP contribution in [0.4, 0.5) is 0 Å². The van der Waals surface area contributed by atoms with Gasteiger partial charge in [-0.2, -0.15) is 0 Å². The highest BCUT2D eigenvalue weighted by Gasteiger charge is 2.15. The van der Waals surface area contributed by atoms with Crippen molar-refractivity contribution >= 4 is 0 Å². The lowest BCUT2D eigenvalue weighted by atomic mass is 9.94. The predicted octanol–water partition coefficient (Wildman–Crippen LogP) is 3.73. The van der Waals surface area contributed by atoms with Gasteiger partial charge in [0.05, 0.1) is 0 Å². The molecule has 0 aromatic heterocycles. The van der Waals surface area contributed by atoms with Crippen molar-refractivity contribution in [2.75, 3.05) is 0 Å². The monoisotopic (exact) mass is 197 g/mol. The molecule has 1 heteroatoms. The van der Waals surface area contributed by atoms with E-state index in [1.54, 1.807) is 0 Å². The number of rotatable bonds is 5. The van der Waals surface area contributed by atoms with Crippen molar-refractivity contribution in [1.82, 2.24) is 5.32 Å². The summed E-state index contributed by atoms with van der Waals surface area (Å²) in [5.74, 6) is 0.852. The molecule has 1 N–H and O–H groups in total. The van der Waals surface area contributed by atoms with Crippen LogP contribution in [0.5, 0.6) is 0 Å². The van der Waals surface area contributed by atoms with Gasteiger partial charge in [0.25, 0.3) is 0 Å². The fourth-order valence-electron chi connectivity index (χ4n) is 2.34. The topological polar surface area (TPSA) is 12.0 Å². The Kier molecular flexibility index (Phi) is 5.54. The van der Waals surface area contributed by atoms with Gasteiger partial charge in [0.15, 0.2) is 0 Å². The summed E-state index contributed by atoms with van der Waals surface area (Å²) in [7, 11) is 0. The second-order valence-electron chi connectivity index (χ2n) is 5.37. The summed E-state index contributed by atoms with van der Waals surface area (Å²) < 4.78 is 0. The van der Waals surface area contributed by atoms with Crippen LogP contribution in [0.1, 0.15) is 65.7 Å². The Hall–Kier alpha value is -0.0400. The second-order valence-corrected chi connectivity index (χ2v) is 5.37. The van der Waals surface area contributed by atoms with Crippen molar-refractivity contribution in [3.63, 3.8) is 0 Å². The Morgan fingerprint density at radius 1 is 1.00 bits per heavy atom. The molecular weight excluding hydrogens is 170 g/mol. The number of nitrogens with one attached hydrogen (secondary N) is 1. The third-order valence-electron chi connectivity index (χ3n) is 3.30. The van der Waals surface area contributed by atoms with Gasteiger partial charge in [-0.25, -0.2) is 0 Å². The van der Waals surface area contributed by atoms with Crippen molar-refractivity contribution < 1.29 is 0 Å². The van der Waals surface area contributed by atoms with Crippen LogP contribution in [0, 0.1) is 5.92 Å². The van der Waals surface area contributed by atoms with Crippen LogP contribution in [-0.4, -0.2) is 12.1 Å². The zero-order valence-corrected chi connectivity index (χ0v) is 10.2. The fourth-order valence-corrected chi connectivity index (χ4v) is 2.34. The van der Waals surface area contributed by atoms with Gasteiger partial charge in [0, 0.05) is 12.1 Å². The van der Waals surface area contributed by atoms with Crippen molar-refractivity contribution in [2.24, 2.45) is 5.92 Å². The van der Waals surface area contributed by atoms with Crippen LogP contribution in [0.3, 0.4) is 0 Å². The molecule has 1 saturated carbocycles. The quantitative estimate of drug-likeness (QED) is 0.708.